The Morgan fingerprint density at radius 2 is 1.80 bits per heavy atom. The number of para-hydroxylation sites is 1. The van der Waals surface area contributed by atoms with Gasteiger partial charge in [-0.1, -0.05) is 23.0 Å². The van der Waals surface area contributed by atoms with Crippen LogP contribution in [0.2, 0.25) is 0 Å². The van der Waals surface area contributed by atoms with E-state index in [0.717, 1.165) is 27.8 Å². The summed E-state index contributed by atoms with van der Waals surface area (Å²) in [6.45, 7) is 2.05. The maximum atomic E-state index is 4.41. The minimum absolute atomic E-state index is 0.845. The summed E-state index contributed by atoms with van der Waals surface area (Å²) < 4.78 is 6.08. The van der Waals surface area contributed by atoms with Crippen LogP contribution in [0.3, 0.4) is 0 Å². The lowest BCUT2D eigenvalue weighted by molar-refractivity contribution is -0.143. The molecule has 0 radical (unpaired) electrons. The second-order valence-corrected chi connectivity index (χ2v) is 5.03. The van der Waals surface area contributed by atoms with Gasteiger partial charge in [-0.3, -0.25) is 0 Å². The molecular formula is C15H18N5+. The van der Waals surface area contributed by atoms with E-state index >= 15 is 0 Å². The van der Waals surface area contributed by atoms with Crippen molar-refractivity contribution >= 4 is 16.6 Å². The lowest BCUT2D eigenvalue weighted by Gasteiger charge is -1.92. The third kappa shape index (κ3) is 1.89. The SMILES string of the molecule is Cc1cc(=[N+]=Nc2cn(C)c3ccccc23)n(C)n1C. The number of hydrogen-bond acceptors (Lipinski definition) is 1. The Kier molecular flexibility index (Phi) is 2.84. The minimum Gasteiger partial charge on any atom is -0.348 e. The van der Waals surface area contributed by atoms with Crippen molar-refractivity contribution in [3.63, 3.8) is 0 Å². The van der Waals surface area contributed by atoms with E-state index in [1.54, 1.807) is 0 Å². The Hall–Kier alpha value is -2.52. The van der Waals surface area contributed by atoms with Gasteiger partial charge in [0.25, 0.3) is 0 Å². The van der Waals surface area contributed by atoms with E-state index in [1.807, 2.05) is 54.9 Å². The molecule has 0 saturated carbocycles. The normalized spacial score (nSPS) is 10.8. The molecule has 102 valence electrons. The highest BCUT2D eigenvalue weighted by atomic mass is 15.4. The van der Waals surface area contributed by atoms with E-state index in [-0.39, 0.29) is 0 Å². The molecule has 0 N–H and O–H groups in total. The molecule has 0 aliphatic heterocycles. The molecule has 1 aromatic carbocycles. The number of rotatable bonds is 1. The summed E-state index contributed by atoms with van der Waals surface area (Å²) in [6.07, 6.45) is 2.00. The van der Waals surface area contributed by atoms with Gasteiger partial charge >= 0.3 is 5.49 Å². The number of aromatic nitrogens is 3. The van der Waals surface area contributed by atoms with Crippen LogP contribution >= 0.6 is 0 Å². The van der Waals surface area contributed by atoms with E-state index in [4.69, 9.17) is 0 Å². The summed E-state index contributed by atoms with van der Waals surface area (Å²) in [6, 6.07) is 10.2. The Labute approximate surface area is 117 Å². The Balaban J connectivity index is 2.23. The van der Waals surface area contributed by atoms with E-state index in [9.17, 15) is 0 Å². The maximum absolute atomic E-state index is 4.41. The van der Waals surface area contributed by atoms with Crippen molar-refractivity contribution in [2.75, 3.05) is 0 Å². The molecule has 0 fully saturated rings. The fourth-order valence-electron chi connectivity index (χ4n) is 2.36. The van der Waals surface area contributed by atoms with Crippen LogP contribution in [0.15, 0.2) is 41.6 Å². The largest absolute Gasteiger partial charge is 0.426 e. The fraction of sp³-hybridized carbons (Fsp3) is 0.267. The summed E-state index contributed by atoms with van der Waals surface area (Å²) in [5.74, 6) is 0. The van der Waals surface area contributed by atoms with Crippen LogP contribution < -0.4 is 5.49 Å². The van der Waals surface area contributed by atoms with Crippen LogP contribution in [-0.2, 0) is 21.1 Å². The Bertz CT molecular complexity index is 885. The van der Waals surface area contributed by atoms with Gasteiger partial charge in [0.2, 0.25) is 0 Å². The molecule has 0 spiro atoms. The number of hydrogen-bond donors (Lipinski definition) is 0. The Morgan fingerprint density at radius 1 is 1.05 bits per heavy atom. The van der Waals surface area contributed by atoms with Crippen LogP contribution in [0, 0.1) is 6.92 Å². The molecule has 0 aliphatic rings. The monoisotopic (exact) mass is 268 g/mol. The first-order valence-corrected chi connectivity index (χ1v) is 6.56. The van der Waals surface area contributed by atoms with Gasteiger partial charge < -0.3 is 4.57 Å². The number of benzene rings is 1. The molecule has 0 atom stereocenters. The fourth-order valence-corrected chi connectivity index (χ4v) is 2.36. The zero-order chi connectivity index (χ0) is 14.3. The molecule has 5 nitrogen and oxygen atoms in total. The van der Waals surface area contributed by atoms with Gasteiger partial charge in [0.15, 0.2) is 0 Å². The molecule has 20 heavy (non-hydrogen) atoms. The van der Waals surface area contributed by atoms with Crippen LogP contribution in [0.1, 0.15) is 5.69 Å². The topological polar surface area (TPSA) is 41.2 Å². The first-order valence-electron chi connectivity index (χ1n) is 6.56. The molecule has 0 saturated heterocycles. The average Bonchev–Trinajstić information content (AvgIpc) is 2.90. The lowest BCUT2D eigenvalue weighted by Crippen LogP contribution is -2.19. The van der Waals surface area contributed by atoms with Gasteiger partial charge in [-0.05, 0) is 13.0 Å². The molecule has 0 unspecified atom stereocenters. The standard InChI is InChI=1S/C15H18N5/c1-11-9-15(20(4)19(11)3)17-16-13-10-18(2)14-8-6-5-7-12(13)14/h5-10H,1-4H3/q+1. The van der Waals surface area contributed by atoms with Gasteiger partial charge in [0, 0.05) is 30.8 Å². The molecule has 3 rings (SSSR count). The Morgan fingerprint density at radius 3 is 2.50 bits per heavy atom. The predicted octanol–water partition coefficient (Wildman–Crippen LogP) is 2.06. The van der Waals surface area contributed by atoms with Crippen molar-refractivity contribution < 1.29 is 4.79 Å². The lowest BCUT2D eigenvalue weighted by atomic mass is 10.2. The van der Waals surface area contributed by atoms with Crippen LogP contribution in [0.5, 0.6) is 0 Å². The number of aryl methyl sites for hydroxylation is 2. The molecule has 2 aromatic heterocycles. The van der Waals surface area contributed by atoms with E-state index in [1.165, 1.54) is 0 Å². The van der Waals surface area contributed by atoms with Crippen LogP contribution in [-0.4, -0.2) is 18.7 Å². The molecule has 0 aliphatic carbocycles. The summed E-state index contributed by atoms with van der Waals surface area (Å²) in [5, 5.41) is 5.53. The molecular weight excluding hydrogens is 250 g/mol. The van der Waals surface area contributed by atoms with E-state index in [0.29, 0.717) is 0 Å². The van der Waals surface area contributed by atoms with Gasteiger partial charge in [0.1, 0.15) is 12.7 Å². The zero-order valence-electron chi connectivity index (χ0n) is 12.2. The molecule has 5 heteroatoms. The molecule has 3 aromatic rings. The second kappa shape index (κ2) is 4.54. The van der Waals surface area contributed by atoms with Gasteiger partial charge in [-0.15, -0.1) is 4.68 Å². The van der Waals surface area contributed by atoms with E-state index < -0.39 is 0 Å². The summed E-state index contributed by atoms with van der Waals surface area (Å²) in [4.78, 5) is 4.37. The summed E-state index contributed by atoms with van der Waals surface area (Å²) >= 11 is 0. The van der Waals surface area contributed by atoms with Crippen molar-refractivity contribution in [1.29, 1.82) is 0 Å². The van der Waals surface area contributed by atoms with Crippen molar-refractivity contribution in [3.05, 3.63) is 47.7 Å². The zero-order valence-corrected chi connectivity index (χ0v) is 12.2. The van der Waals surface area contributed by atoms with Crippen molar-refractivity contribution in [2.24, 2.45) is 26.3 Å². The van der Waals surface area contributed by atoms with Crippen molar-refractivity contribution in [2.45, 2.75) is 6.92 Å². The quantitative estimate of drug-likeness (QED) is 0.479. The minimum atomic E-state index is 0.845. The van der Waals surface area contributed by atoms with Gasteiger partial charge in [0.05, 0.1) is 17.3 Å². The smallest absolute Gasteiger partial charge is 0.348 e. The second-order valence-electron chi connectivity index (χ2n) is 5.03. The molecule has 0 amide bonds. The summed E-state index contributed by atoms with van der Waals surface area (Å²) in [7, 11) is 6.00. The first-order chi connectivity index (χ1) is 9.58. The third-order valence-electron chi connectivity index (χ3n) is 3.77. The highest BCUT2D eigenvalue weighted by Gasteiger charge is 2.08. The third-order valence-corrected chi connectivity index (χ3v) is 3.77. The van der Waals surface area contributed by atoms with Crippen LogP contribution in [0.25, 0.3) is 10.9 Å². The average molecular weight is 268 g/mol. The highest BCUT2D eigenvalue weighted by molar-refractivity contribution is 5.91. The molecule has 0 bridgehead atoms. The maximum Gasteiger partial charge on any atom is 0.426 e. The highest BCUT2D eigenvalue weighted by Crippen LogP contribution is 2.26. The number of fused-ring (bicyclic) bond motifs is 1. The van der Waals surface area contributed by atoms with Crippen LogP contribution in [0.4, 0.5) is 5.69 Å². The van der Waals surface area contributed by atoms with Crippen molar-refractivity contribution in [1.82, 2.24) is 13.9 Å². The first kappa shape index (κ1) is 12.5. The molecule has 2 heterocycles. The predicted molar refractivity (Wildman–Crippen MR) is 77.5 cm³/mol. The number of nitrogens with zero attached hydrogens (tertiary/aromatic N) is 5. The van der Waals surface area contributed by atoms with E-state index in [2.05, 4.69) is 33.5 Å². The van der Waals surface area contributed by atoms with Gasteiger partial charge in [-0.2, -0.15) is 0 Å². The van der Waals surface area contributed by atoms with Crippen molar-refractivity contribution in [3.8, 4) is 0 Å². The summed E-state index contributed by atoms with van der Waals surface area (Å²) in [5.41, 5.74) is 4.05. The van der Waals surface area contributed by atoms with Gasteiger partial charge in [-0.25, -0.2) is 4.68 Å².